The van der Waals surface area contributed by atoms with Crippen molar-refractivity contribution in [1.29, 1.82) is 0 Å². The molecule has 1 fully saturated rings. The van der Waals surface area contributed by atoms with Gasteiger partial charge in [-0.25, -0.2) is 4.98 Å². The van der Waals surface area contributed by atoms with Gasteiger partial charge in [0.2, 0.25) is 0 Å². The molecule has 1 saturated carbocycles. The lowest BCUT2D eigenvalue weighted by molar-refractivity contribution is 0.222. The van der Waals surface area contributed by atoms with Crippen molar-refractivity contribution in [3.8, 4) is 0 Å². The molecule has 0 aliphatic heterocycles. The monoisotopic (exact) mass is 275 g/mol. The maximum Gasteiger partial charge on any atom is 0.128 e. The van der Waals surface area contributed by atoms with Crippen LogP contribution in [0.2, 0.25) is 0 Å². The molecular weight excluding hydrogens is 246 g/mol. The molecule has 1 aromatic rings. The van der Waals surface area contributed by atoms with Gasteiger partial charge in [-0.3, -0.25) is 0 Å². The number of anilines is 1. The Labute approximate surface area is 123 Å². The van der Waals surface area contributed by atoms with E-state index in [0.29, 0.717) is 11.5 Å². The molecule has 0 radical (unpaired) electrons. The molecule has 0 unspecified atom stereocenters. The average Bonchev–Trinajstić information content (AvgIpc) is 2.45. The quantitative estimate of drug-likeness (QED) is 0.890. The molecule has 1 N–H and O–H groups in total. The van der Waals surface area contributed by atoms with Crippen molar-refractivity contribution in [1.82, 2.24) is 10.3 Å². The smallest absolute Gasteiger partial charge is 0.128 e. The van der Waals surface area contributed by atoms with E-state index >= 15 is 0 Å². The Hall–Kier alpha value is -1.09. The number of nitrogens with one attached hydrogen (secondary N) is 1. The molecule has 1 aromatic heterocycles. The molecule has 0 amide bonds. The second kappa shape index (κ2) is 6.57. The van der Waals surface area contributed by atoms with Gasteiger partial charge in [0.1, 0.15) is 5.82 Å². The molecule has 0 saturated heterocycles. The van der Waals surface area contributed by atoms with Crippen molar-refractivity contribution >= 4 is 5.82 Å². The molecule has 0 atom stereocenters. The second-order valence-corrected chi connectivity index (χ2v) is 6.77. The van der Waals surface area contributed by atoms with E-state index in [9.17, 15) is 0 Å². The summed E-state index contributed by atoms with van der Waals surface area (Å²) in [5, 5.41) is 3.34. The zero-order chi connectivity index (χ0) is 14.6. The Kier molecular flexibility index (Phi) is 5.03. The Morgan fingerprint density at radius 1 is 1.30 bits per heavy atom. The minimum atomic E-state index is 0.525. The molecule has 1 aliphatic carbocycles. The maximum absolute atomic E-state index is 4.79. The lowest BCUT2D eigenvalue weighted by atomic mass is 9.75. The summed E-state index contributed by atoms with van der Waals surface area (Å²) in [7, 11) is 2.20. The van der Waals surface area contributed by atoms with E-state index in [4.69, 9.17) is 4.98 Å². The van der Waals surface area contributed by atoms with Crippen molar-refractivity contribution in [3.63, 3.8) is 0 Å². The lowest BCUT2D eigenvalue weighted by Crippen LogP contribution is -2.37. The zero-order valence-corrected chi connectivity index (χ0v) is 13.4. The van der Waals surface area contributed by atoms with Crippen LogP contribution in [0.5, 0.6) is 0 Å². The van der Waals surface area contributed by atoms with Gasteiger partial charge < -0.3 is 10.2 Å². The van der Waals surface area contributed by atoms with Crippen molar-refractivity contribution in [3.05, 3.63) is 23.9 Å². The summed E-state index contributed by atoms with van der Waals surface area (Å²) in [4.78, 5) is 7.16. The van der Waals surface area contributed by atoms with Gasteiger partial charge in [-0.05, 0) is 49.8 Å². The third-order valence-corrected chi connectivity index (χ3v) is 4.57. The first-order chi connectivity index (χ1) is 9.52. The van der Waals surface area contributed by atoms with Gasteiger partial charge in [-0.1, -0.05) is 26.8 Å². The van der Waals surface area contributed by atoms with Gasteiger partial charge >= 0.3 is 0 Å². The number of pyridine rings is 1. The predicted octanol–water partition coefficient (Wildman–Crippen LogP) is 3.60. The fourth-order valence-electron chi connectivity index (χ4n) is 2.97. The fourth-order valence-corrected chi connectivity index (χ4v) is 2.97. The Morgan fingerprint density at radius 3 is 2.65 bits per heavy atom. The summed E-state index contributed by atoms with van der Waals surface area (Å²) in [6.45, 7) is 8.74. The van der Waals surface area contributed by atoms with E-state index in [1.54, 1.807) is 0 Å². The van der Waals surface area contributed by atoms with Crippen LogP contribution in [0.25, 0.3) is 0 Å². The molecule has 2 rings (SSSR count). The van der Waals surface area contributed by atoms with Crippen LogP contribution in [-0.2, 0) is 6.54 Å². The molecule has 112 valence electrons. The molecule has 1 heterocycles. The van der Waals surface area contributed by atoms with Crippen molar-refractivity contribution in [2.75, 3.05) is 18.5 Å². The van der Waals surface area contributed by atoms with E-state index in [1.807, 2.05) is 0 Å². The van der Waals surface area contributed by atoms with E-state index in [1.165, 1.54) is 25.7 Å². The summed E-state index contributed by atoms with van der Waals surface area (Å²) in [6, 6.07) is 7.00. The van der Waals surface area contributed by atoms with Gasteiger partial charge in [0.25, 0.3) is 0 Å². The summed E-state index contributed by atoms with van der Waals surface area (Å²) in [5.74, 6) is 1.12. The molecule has 0 bridgehead atoms. The van der Waals surface area contributed by atoms with Crippen LogP contribution in [0.15, 0.2) is 18.2 Å². The van der Waals surface area contributed by atoms with Gasteiger partial charge in [0, 0.05) is 19.6 Å². The van der Waals surface area contributed by atoms with Crippen LogP contribution in [-0.4, -0.2) is 24.6 Å². The minimum absolute atomic E-state index is 0.525. The number of rotatable bonds is 5. The third-order valence-electron chi connectivity index (χ3n) is 4.57. The number of aromatic nitrogens is 1. The normalized spacial score (nSPS) is 19.0. The van der Waals surface area contributed by atoms with Crippen molar-refractivity contribution in [2.24, 2.45) is 5.41 Å². The Bertz CT molecular complexity index is 418. The Balaban J connectivity index is 2.00. The molecule has 3 heteroatoms. The lowest BCUT2D eigenvalue weighted by Gasteiger charge is -2.39. The van der Waals surface area contributed by atoms with E-state index in [0.717, 1.165) is 24.6 Å². The SMILES string of the molecule is CCNCc1cccc(N(C)C2CCC(C)(C)CC2)n1. The summed E-state index contributed by atoms with van der Waals surface area (Å²) < 4.78 is 0. The molecule has 3 nitrogen and oxygen atoms in total. The number of hydrogen-bond acceptors (Lipinski definition) is 3. The number of nitrogens with zero attached hydrogens (tertiary/aromatic N) is 2. The van der Waals surface area contributed by atoms with Crippen LogP contribution in [0.4, 0.5) is 5.82 Å². The first kappa shape index (κ1) is 15.3. The molecular formula is C17H29N3. The predicted molar refractivity (Wildman–Crippen MR) is 86.1 cm³/mol. The zero-order valence-electron chi connectivity index (χ0n) is 13.4. The van der Waals surface area contributed by atoms with Gasteiger partial charge in [-0.15, -0.1) is 0 Å². The van der Waals surface area contributed by atoms with Crippen LogP contribution in [0.1, 0.15) is 52.1 Å². The number of hydrogen-bond donors (Lipinski definition) is 1. The van der Waals surface area contributed by atoms with Crippen LogP contribution in [0.3, 0.4) is 0 Å². The van der Waals surface area contributed by atoms with Gasteiger partial charge in [0.15, 0.2) is 0 Å². The molecule has 0 aromatic carbocycles. The fraction of sp³-hybridized carbons (Fsp3) is 0.706. The third kappa shape index (κ3) is 3.95. The average molecular weight is 275 g/mol. The Morgan fingerprint density at radius 2 is 2.00 bits per heavy atom. The summed E-state index contributed by atoms with van der Waals surface area (Å²) in [5.41, 5.74) is 1.66. The highest BCUT2D eigenvalue weighted by Gasteiger charge is 2.29. The van der Waals surface area contributed by atoms with Crippen molar-refractivity contribution < 1.29 is 0 Å². The standard InChI is InChI=1S/C17H29N3/c1-5-18-13-14-7-6-8-16(19-14)20(4)15-9-11-17(2,3)12-10-15/h6-8,15,18H,5,9-13H2,1-4H3. The van der Waals surface area contributed by atoms with Crippen molar-refractivity contribution in [2.45, 2.75) is 59.0 Å². The highest BCUT2D eigenvalue weighted by atomic mass is 15.2. The van der Waals surface area contributed by atoms with E-state index in [2.05, 4.69) is 56.2 Å². The largest absolute Gasteiger partial charge is 0.357 e. The molecule has 0 spiro atoms. The van der Waals surface area contributed by atoms with Gasteiger partial charge in [0.05, 0.1) is 5.69 Å². The van der Waals surface area contributed by atoms with Crippen LogP contribution < -0.4 is 10.2 Å². The van der Waals surface area contributed by atoms with E-state index in [-0.39, 0.29) is 0 Å². The molecule has 20 heavy (non-hydrogen) atoms. The van der Waals surface area contributed by atoms with Gasteiger partial charge in [-0.2, -0.15) is 0 Å². The molecule has 1 aliphatic rings. The summed E-state index contributed by atoms with van der Waals surface area (Å²) in [6.07, 6.45) is 5.20. The second-order valence-electron chi connectivity index (χ2n) is 6.77. The highest BCUT2D eigenvalue weighted by molar-refractivity contribution is 5.39. The van der Waals surface area contributed by atoms with E-state index < -0.39 is 0 Å². The maximum atomic E-state index is 4.79. The first-order valence-corrected chi connectivity index (χ1v) is 7.91. The minimum Gasteiger partial charge on any atom is -0.357 e. The van der Waals surface area contributed by atoms with Crippen LogP contribution in [0, 0.1) is 5.41 Å². The highest BCUT2D eigenvalue weighted by Crippen LogP contribution is 2.37. The first-order valence-electron chi connectivity index (χ1n) is 7.91. The topological polar surface area (TPSA) is 28.2 Å². The van der Waals surface area contributed by atoms with Crippen LogP contribution >= 0.6 is 0 Å². The summed E-state index contributed by atoms with van der Waals surface area (Å²) >= 11 is 0.